The van der Waals surface area contributed by atoms with E-state index in [1.807, 2.05) is 0 Å². The molecule has 2 aromatic rings. The van der Waals surface area contributed by atoms with Crippen molar-refractivity contribution < 1.29 is 9.53 Å². The van der Waals surface area contributed by atoms with Crippen LogP contribution in [0.4, 0.5) is 0 Å². The van der Waals surface area contributed by atoms with Crippen molar-refractivity contribution in [2.45, 2.75) is 39.0 Å². The van der Waals surface area contributed by atoms with Crippen LogP contribution in [-0.4, -0.2) is 26.8 Å². The molecule has 1 aliphatic rings. The van der Waals surface area contributed by atoms with Crippen molar-refractivity contribution in [3.05, 3.63) is 40.9 Å². The maximum Gasteiger partial charge on any atom is 0.261 e. The molecule has 3 rings (SSSR count). The van der Waals surface area contributed by atoms with Gasteiger partial charge in [-0.1, -0.05) is 11.6 Å². The van der Waals surface area contributed by atoms with Crippen LogP contribution in [0.15, 0.2) is 24.3 Å². The number of ether oxygens (including phenoxy) is 1. The number of aryl methyl sites for hydroxylation is 1. The van der Waals surface area contributed by atoms with Crippen LogP contribution in [0, 0.1) is 0 Å². The number of nitrogens with one attached hydrogen (secondary N) is 1. The molecule has 0 fully saturated rings. The molecule has 1 atom stereocenters. The van der Waals surface area contributed by atoms with Gasteiger partial charge in [0.2, 0.25) is 0 Å². The molecular weight excluding hydrogens is 304 g/mol. The molecule has 0 radical (unpaired) electrons. The molecule has 116 valence electrons. The van der Waals surface area contributed by atoms with Crippen molar-refractivity contribution >= 4 is 17.5 Å². The summed E-state index contributed by atoms with van der Waals surface area (Å²) in [5, 5.41) is 11.7. The number of carbonyl (C=O) groups excluding carboxylic acids is 1. The molecule has 1 N–H and O–H groups in total. The van der Waals surface area contributed by atoms with Gasteiger partial charge in [-0.05, 0) is 37.6 Å². The van der Waals surface area contributed by atoms with Gasteiger partial charge in [-0.2, -0.15) is 0 Å². The second kappa shape index (κ2) is 6.36. The van der Waals surface area contributed by atoms with Crippen molar-refractivity contribution in [2.75, 3.05) is 0 Å². The van der Waals surface area contributed by atoms with E-state index in [1.54, 1.807) is 31.2 Å². The number of hydrogen-bond donors (Lipinski definition) is 1. The third kappa shape index (κ3) is 3.22. The number of benzene rings is 1. The first-order chi connectivity index (χ1) is 10.6. The molecule has 0 bridgehead atoms. The second-order valence-corrected chi connectivity index (χ2v) is 5.66. The smallest absolute Gasteiger partial charge is 0.261 e. The number of rotatable bonds is 5. The van der Waals surface area contributed by atoms with E-state index in [-0.39, 0.29) is 5.91 Å². The molecule has 0 saturated carbocycles. The van der Waals surface area contributed by atoms with Crippen LogP contribution >= 0.6 is 11.6 Å². The Hall–Kier alpha value is -2.08. The van der Waals surface area contributed by atoms with Crippen LogP contribution in [-0.2, 0) is 24.3 Å². The monoisotopic (exact) mass is 320 g/mol. The summed E-state index contributed by atoms with van der Waals surface area (Å²) in [5.41, 5.74) is 0. The van der Waals surface area contributed by atoms with Crippen molar-refractivity contribution in [2.24, 2.45) is 0 Å². The Morgan fingerprint density at radius 2 is 2.18 bits per heavy atom. The normalized spacial score (nSPS) is 14.5. The summed E-state index contributed by atoms with van der Waals surface area (Å²) in [6.07, 6.45) is 1.45. The summed E-state index contributed by atoms with van der Waals surface area (Å²) in [4.78, 5) is 12.1. The van der Waals surface area contributed by atoms with Gasteiger partial charge in [0.05, 0.1) is 6.54 Å². The molecule has 0 aliphatic carbocycles. The Morgan fingerprint density at radius 1 is 1.41 bits per heavy atom. The van der Waals surface area contributed by atoms with E-state index in [4.69, 9.17) is 16.3 Å². The predicted octanol–water partition coefficient (Wildman–Crippen LogP) is 1.96. The summed E-state index contributed by atoms with van der Waals surface area (Å²) >= 11 is 5.81. The minimum Gasteiger partial charge on any atom is -0.481 e. The first-order valence-corrected chi connectivity index (χ1v) is 7.62. The third-order valence-corrected chi connectivity index (χ3v) is 3.85. The predicted molar refractivity (Wildman–Crippen MR) is 81.7 cm³/mol. The highest BCUT2D eigenvalue weighted by Gasteiger charge is 2.19. The standard InChI is InChI=1S/C15H17ClN4O2/c1-10(22-12-6-4-11(16)5-7-12)15(21)17-9-14-19-18-13-3-2-8-20(13)14/h4-7,10H,2-3,8-9H2,1H3,(H,17,21). The molecule has 1 aromatic heterocycles. The quantitative estimate of drug-likeness (QED) is 0.914. The number of halogens is 1. The lowest BCUT2D eigenvalue weighted by molar-refractivity contribution is -0.127. The number of hydrogen-bond acceptors (Lipinski definition) is 4. The summed E-state index contributed by atoms with van der Waals surface area (Å²) < 4.78 is 7.64. The molecule has 1 unspecified atom stereocenters. The molecular formula is C15H17ClN4O2. The van der Waals surface area contributed by atoms with Crippen LogP contribution in [0.3, 0.4) is 0 Å². The lowest BCUT2D eigenvalue weighted by Gasteiger charge is -2.14. The van der Waals surface area contributed by atoms with Gasteiger partial charge in [0, 0.05) is 18.0 Å². The first-order valence-electron chi connectivity index (χ1n) is 7.24. The average molecular weight is 321 g/mol. The zero-order valence-electron chi connectivity index (χ0n) is 12.3. The number of carbonyl (C=O) groups is 1. The SMILES string of the molecule is CC(Oc1ccc(Cl)cc1)C(=O)NCc1nnc2n1CCC2. The van der Waals surface area contributed by atoms with Crippen molar-refractivity contribution in [3.63, 3.8) is 0 Å². The van der Waals surface area contributed by atoms with Gasteiger partial charge >= 0.3 is 0 Å². The van der Waals surface area contributed by atoms with Crippen LogP contribution < -0.4 is 10.1 Å². The van der Waals surface area contributed by atoms with Crippen LogP contribution in [0.1, 0.15) is 25.0 Å². The zero-order chi connectivity index (χ0) is 15.5. The minimum atomic E-state index is -0.595. The number of nitrogens with zero attached hydrogens (tertiary/aromatic N) is 3. The molecule has 1 amide bonds. The average Bonchev–Trinajstić information content (AvgIpc) is 3.11. The lowest BCUT2D eigenvalue weighted by atomic mass is 10.3. The van der Waals surface area contributed by atoms with E-state index in [2.05, 4.69) is 20.1 Å². The molecule has 1 aliphatic heterocycles. The summed E-state index contributed by atoms with van der Waals surface area (Å²) in [6.45, 7) is 2.99. The molecule has 7 heteroatoms. The van der Waals surface area contributed by atoms with E-state index in [0.29, 0.717) is 17.3 Å². The largest absolute Gasteiger partial charge is 0.481 e. The second-order valence-electron chi connectivity index (χ2n) is 5.22. The van der Waals surface area contributed by atoms with Gasteiger partial charge in [-0.25, -0.2) is 0 Å². The fourth-order valence-corrected chi connectivity index (χ4v) is 2.55. The fourth-order valence-electron chi connectivity index (χ4n) is 2.42. The van der Waals surface area contributed by atoms with Crippen molar-refractivity contribution in [3.8, 4) is 5.75 Å². The van der Waals surface area contributed by atoms with Gasteiger partial charge in [0.25, 0.3) is 5.91 Å². The third-order valence-electron chi connectivity index (χ3n) is 3.60. The van der Waals surface area contributed by atoms with Gasteiger partial charge in [-0.15, -0.1) is 10.2 Å². The minimum absolute atomic E-state index is 0.190. The van der Waals surface area contributed by atoms with Gasteiger partial charge < -0.3 is 14.6 Å². The Kier molecular flexibility index (Phi) is 4.29. The number of aromatic nitrogens is 3. The molecule has 6 nitrogen and oxygen atoms in total. The van der Waals surface area contributed by atoms with Gasteiger partial charge in [-0.3, -0.25) is 4.79 Å². The molecule has 2 heterocycles. The highest BCUT2D eigenvalue weighted by Crippen LogP contribution is 2.17. The molecule has 0 spiro atoms. The maximum absolute atomic E-state index is 12.1. The van der Waals surface area contributed by atoms with Crippen LogP contribution in [0.25, 0.3) is 0 Å². The first kappa shape index (κ1) is 14.8. The maximum atomic E-state index is 12.1. The van der Waals surface area contributed by atoms with Gasteiger partial charge in [0.15, 0.2) is 11.9 Å². The zero-order valence-corrected chi connectivity index (χ0v) is 13.0. The van der Waals surface area contributed by atoms with Crippen molar-refractivity contribution in [1.82, 2.24) is 20.1 Å². The van der Waals surface area contributed by atoms with E-state index in [1.165, 1.54) is 0 Å². The van der Waals surface area contributed by atoms with E-state index >= 15 is 0 Å². The molecule has 0 saturated heterocycles. The van der Waals surface area contributed by atoms with Crippen LogP contribution in [0.2, 0.25) is 5.02 Å². The van der Waals surface area contributed by atoms with Crippen molar-refractivity contribution in [1.29, 1.82) is 0 Å². The summed E-state index contributed by atoms with van der Waals surface area (Å²) in [6, 6.07) is 6.91. The molecule has 1 aromatic carbocycles. The van der Waals surface area contributed by atoms with E-state index in [0.717, 1.165) is 31.0 Å². The molecule has 22 heavy (non-hydrogen) atoms. The number of fused-ring (bicyclic) bond motifs is 1. The Morgan fingerprint density at radius 3 is 2.95 bits per heavy atom. The Balaban J connectivity index is 1.53. The van der Waals surface area contributed by atoms with E-state index in [9.17, 15) is 4.79 Å². The fraction of sp³-hybridized carbons (Fsp3) is 0.400. The summed E-state index contributed by atoms with van der Waals surface area (Å²) in [7, 11) is 0. The Labute approximate surface area is 133 Å². The van der Waals surface area contributed by atoms with Crippen LogP contribution in [0.5, 0.6) is 5.75 Å². The highest BCUT2D eigenvalue weighted by molar-refractivity contribution is 6.30. The number of amides is 1. The lowest BCUT2D eigenvalue weighted by Crippen LogP contribution is -2.36. The van der Waals surface area contributed by atoms with E-state index < -0.39 is 6.10 Å². The summed E-state index contributed by atoms with van der Waals surface area (Å²) in [5.74, 6) is 2.20. The highest BCUT2D eigenvalue weighted by atomic mass is 35.5. The Bertz CT molecular complexity index is 669. The van der Waals surface area contributed by atoms with Gasteiger partial charge in [0.1, 0.15) is 11.6 Å². The topological polar surface area (TPSA) is 69.0 Å².